The molecular formula is C18H20N2O4. The van der Waals surface area contributed by atoms with Crippen molar-refractivity contribution in [1.29, 1.82) is 0 Å². The van der Waals surface area contributed by atoms with Gasteiger partial charge in [0.15, 0.2) is 11.5 Å². The van der Waals surface area contributed by atoms with Crippen LogP contribution in [0.15, 0.2) is 53.3 Å². The molecule has 1 aromatic carbocycles. The zero-order valence-electron chi connectivity index (χ0n) is 13.5. The number of carbonyl (C=O) groups is 1. The molecule has 0 atom stereocenters. The summed E-state index contributed by atoms with van der Waals surface area (Å²) < 4.78 is 15.7. The van der Waals surface area contributed by atoms with E-state index in [2.05, 4.69) is 5.32 Å². The first-order chi connectivity index (χ1) is 11.7. The molecule has 0 unspecified atom stereocenters. The fourth-order valence-electron chi connectivity index (χ4n) is 2.54. The number of rotatable bonds is 5. The maximum atomic E-state index is 12.4. The zero-order chi connectivity index (χ0) is 16.9. The molecule has 0 bridgehead atoms. The summed E-state index contributed by atoms with van der Waals surface area (Å²) in [5.74, 6) is 1.22. The Labute approximate surface area is 140 Å². The van der Waals surface area contributed by atoms with Gasteiger partial charge in [0.1, 0.15) is 0 Å². The molecule has 0 saturated heterocycles. The largest absolute Gasteiger partial charge is 0.454 e. The standard InChI is InChI=1S/C18H20N2O4/c1-22-10-12-2-5-14(15(19)6-3-12)18(21)20-9-13-4-7-16-17(8-13)24-11-23-16/h2-5,7-8H,6,9-11,19H2,1H3,(H,20,21). The summed E-state index contributed by atoms with van der Waals surface area (Å²) in [6, 6.07) is 5.60. The van der Waals surface area contributed by atoms with Gasteiger partial charge in [-0.15, -0.1) is 0 Å². The quantitative estimate of drug-likeness (QED) is 0.861. The molecule has 3 N–H and O–H groups in total. The third-order valence-electron chi connectivity index (χ3n) is 3.84. The summed E-state index contributed by atoms with van der Waals surface area (Å²) in [5, 5.41) is 2.89. The Morgan fingerprint density at radius 2 is 2.12 bits per heavy atom. The zero-order valence-corrected chi connectivity index (χ0v) is 13.5. The second-order valence-corrected chi connectivity index (χ2v) is 5.56. The van der Waals surface area contributed by atoms with E-state index in [1.165, 1.54) is 0 Å². The highest BCUT2D eigenvalue weighted by atomic mass is 16.7. The first kappa shape index (κ1) is 16.1. The molecule has 1 heterocycles. The van der Waals surface area contributed by atoms with Crippen molar-refractivity contribution in [3.63, 3.8) is 0 Å². The Bertz CT molecular complexity index is 735. The third-order valence-corrected chi connectivity index (χ3v) is 3.84. The minimum absolute atomic E-state index is 0.200. The molecule has 6 heteroatoms. The molecule has 1 aliphatic heterocycles. The van der Waals surface area contributed by atoms with Gasteiger partial charge in [0, 0.05) is 25.8 Å². The molecule has 2 aliphatic rings. The fraction of sp³-hybridized carbons (Fsp3) is 0.278. The highest BCUT2D eigenvalue weighted by Crippen LogP contribution is 2.32. The Hall–Kier alpha value is -2.73. The predicted octanol–water partition coefficient (Wildman–Crippen LogP) is 1.78. The van der Waals surface area contributed by atoms with Gasteiger partial charge in [-0.2, -0.15) is 0 Å². The number of fused-ring (bicyclic) bond motifs is 1. The number of nitrogens with two attached hydrogens (primary N) is 1. The summed E-state index contributed by atoms with van der Waals surface area (Å²) in [7, 11) is 1.63. The van der Waals surface area contributed by atoms with Crippen molar-refractivity contribution in [2.45, 2.75) is 13.0 Å². The maximum absolute atomic E-state index is 12.4. The van der Waals surface area contributed by atoms with Crippen LogP contribution in [-0.2, 0) is 16.1 Å². The molecule has 24 heavy (non-hydrogen) atoms. The normalized spacial score (nSPS) is 16.0. The van der Waals surface area contributed by atoms with Gasteiger partial charge in [-0.05, 0) is 29.3 Å². The van der Waals surface area contributed by atoms with E-state index in [-0.39, 0.29) is 12.7 Å². The van der Waals surface area contributed by atoms with Gasteiger partial charge < -0.3 is 25.3 Å². The smallest absolute Gasteiger partial charge is 0.253 e. The first-order valence-electron chi connectivity index (χ1n) is 7.69. The van der Waals surface area contributed by atoms with Gasteiger partial charge in [0.2, 0.25) is 6.79 Å². The van der Waals surface area contributed by atoms with Crippen LogP contribution in [0.1, 0.15) is 12.0 Å². The molecule has 1 amide bonds. The molecule has 0 saturated carbocycles. The summed E-state index contributed by atoms with van der Waals surface area (Å²) in [6.07, 6.45) is 6.09. The summed E-state index contributed by atoms with van der Waals surface area (Å²) in [6.45, 7) is 1.12. The van der Waals surface area contributed by atoms with Crippen LogP contribution in [0.2, 0.25) is 0 Å². The predicted molar refractivity (Wildman–Crippen MR) is 89.3 cm³/mol. The lowest BCUT2D eigenvalue weighted by Crippen LogP contribution is -2.25. The van der Waals surface area contributed by atoms with Crippen LogP contribution in [-0.4, -0.2) is 26.4 Å². The minimum Gasteiger partial charge on any atom is -0.454 e. The second kappa shape index (κ2) is 7.23. The van der Waals surface area contributed by atoms with Crippen molar-refractivity contribution >= 4 is 5.91 Å². The van der Waals surface area contributed by atoms with Crippen molar-refractivity contribution in [2.75, 3.05) is 20.5 Å². The van der Waals surface area contributed by atoms with E-state index in [9.17, 15) is 4.79 Å². The molecule has 126 valence electrons. The minimum atomic E-state index is -0.200. The number of nitrogens with one attached hydrogen (secondary N) is 1. The number of carbonyl (C=O) groups excluding carboxylic acids is 1. The second-order valence-electron chi connectivity index (χ2n) is 5.56. The van der Waals surface area contributed by atoms with Gasteiger partial charge in [-0.25, -0.2) is 0 Å². The van der Waals surface area contributed by atoms with Crippen LogP contribution >= 0.6 is 0 Å². The van der Waals surface area contributed by atoms with Crippen LogP contribution in [0.25, 0.3) is 0 Å². The van der Waals surface area contributed by atoms with E-state index in [0.717, 1.165) is 16.9 Å². The lowest BCUT2D eigenvalue weighted by molar-refractivity contribution is -0.117. The molecular weight excluding hydrogens is 308 g/mol. The Morgan fingerprint density at radius 1 is 1.29 bits per heavy atom. The van der Waals surface area contributed by atoms with E-state index >= 15 is 0 Å². The molecule has 6 nitrogen and oxygen atoms in total. The van der Waals surface area contributed by atoms with E-state index in [1.54, 1.807) is 13.2 Å². The monoisotopic (exact) mass is 328 g/mol. The first-order valence-corrected chi connectivity index (χ1v) is 7.69. The molecule has 0 fully saturated rings. The van der Waals surface area contributed by atoms with Crippen LogP contribution in [0.5, 0.6) is 11.5 Å². The molecule has 0 spiro atoms. The van der Waals surface area contributed by atoms with Crippen molar-refractivity contribution in [2.24, 2.45) is 5.73 Å². The van der Waals surface area contributed by atoms with E-state index in [0.29, 0.717) is 36.6 Å². The van der Waals surface area contributed by atoms with Crippen molar-refractivity contribution in [1.82, 2.24) is 5.32 Å². The topological polar surface area (TPSA) is 82.8 Å². The number of benzene rings is 1. The van der Waals surface area contributed by atoms with Gasteiger partial charge in [0.05, 0.1) is 12.2 Å². The molecule has 1 aromatic rings. The van der Waals surface area contributed by atoms with E-state index < -0.39 is 0 Å². The van der Waals surface area contributed by atoms with Crippen LogP contribution in [0.4, 0.5) is 0 Å². The van der Waals surface area contributed by atoms with Crippen molar-refractivity contribution in [3.05, 3.63) is 58.8 Å². The highest BCUT2D eigenvalue weighted by molar-refractivity contribution is 5.97. The van der Waals surface area contributed by atoms with Crippen LogP contribution in [0, 0.1) is 0 Å². The molecule has 0 radical (unpaired) electrons. The Morgan fingerprint density at radius 3 is 2.96 bits per heavy atom. The number of ether oxygens (including phenoxy) is 3. The van der Waals surface area contributed by atoms with Crippen molar-refractivity contribution in [3.8, 4) is 11.5 Å². The third kappa shape index (κ3) is 3.60. The lowest BCUT2D eigenvalue weighted by atomic mass is 10.1. The average Bonchev–Trinajstić information content (AvgIpc) is 2.97. The van der Waals surface area contributed by atoms with Gasteiger partial charge in [0.25, 0.3) is 5.91 Å². The van der Waals surface area contributed by atoms with Gasteiger partial charge in [-0.1, -0.05) is 18.2 Å². The lowest BCUT2D eigenvalue weighted by Gasteiger charge is -2.08. The summed E-state index contributed by atoms with van der Waals surface area (Å²) >= 11 is 0. The Balaban J connectivity index is 1.63. The van der Waals surface area contributed by atoms with Crippen LogP contribution < -0.4 is 20.5 Å². The number of hydrogen-bond acceptors (Lipinski definition) is 5. The summed E-state index contributed by atoms with van der Waals surface area (Å²) in [5.41, 5.74) is 8.99. The van der Waals surface area contributed by atoms with E-state index in [1.807, 2.05) is 30.4 Å². The average molecular weight is 328 g/mol. The van der Waals surface area contributed by atoms with Crippen LogP contribution in [0.3, 0.4) is 0 Å². The maximum Gasteiger partial charge on any atom is 0.253 e. The molecule has 0 aromatic heterocycles. The molecule has 1 aliphatic carbocycles. The number of amides is 1. The number of methoxy groups -OCH3 is 1. The highest BCUT2D eigenvalue weighted by Gasteiger charge is 2.15. The van der Waals surface area contributed by atoms with E-state index in [4.69, 9.17) is 19.9 Å². The van der Waals surface area contributed by atoms with Gasteiger partial charge >= 0.3 is 0 Å². The SMILES string of the molecule is COCC1=CCC(N)=C(C(=O)NCc2ccc3c(c2)OCO3)C=C1. The van der Waals surface area contributed by atoms with Gasteiger partial charge in [-0.3, -0.25) is 4.79 Å². The number of allylic oxidation sites excluding steroid dienone is 1. The molecule has 3 rings (SSSR count). The van der Waals surface area contributed by atoms with Crippen molar-refractivity contribution < 1.29 is 19.0 Å². The summed E-state index contributed by atoms with van der Waals surface area (Å²) in [4.78, 5) is 12.4. The Kier molecular flexibility index (Phi) is 4.86. The fourth-order valence-corrected chi connectivity index (χ4v) is 2.54. The number of hydrogen-bond donors (Lipinski definition) is 2.